The SMILES string of the molecule is C.CC(=O)NC(C)(C)C.CCNC(C)=O.c1ccccc1. The van der Waals surface area contributed by atoms with Crippen molar-refractivity contribution in [3.05, 3.63) is 36.4 Å². The molecule has 4 heteroatoms. The van der Waals surface area contributed by atoms with Gasteiger partial charge in [0, 0.05) is 25.9 Å². The van der Waals surface area contributed by atoms with Gasteiger partial charge in [-0.3, -0.25) is 9.59 Å². The average Bonchev–Trinajstić information content (AvgIpc) is 2.29. The highest BCUT2D eigenvalue weighted by atomic mass is 16.2. The van der Waals surface area contributed by atoms with Crippen molar-refractivity contribution in [3.8, 4) is 0 Å². The monoisotopic (exact) mass is 296 g/mol. The Kier molecular flexibility index (Phi) is 16.8. The summed E-state index contributed by atoms with van der Waals surface area (Å²) in [5, 5.41) is 5.31. The van der Waals surface area contributed by atoms with Gasteiger partial charge < -0.3 is 10.6 Å². The third-order valence-electron chi connectivity index (χ3n) is 1.64. The Morgan fingerprint density at radius 2 is 1.19 bits per heavy atom. The first-order valence-electron chi connectivity index (χ1n) is 6.72. The Hall–Kier alpha value is -1.84. The number of hydrogen-bond donors (Lipinski definition) is 2. The van der Waals surface area contributed by atoms with Gasteiger partial charge in [-0.1, -0.05) is 43.8 Å². The molecule has 0 radical (unpaired) electrons. The summed E-state index contributed by atoms with van der Waals surface area (Å²) in [4.78, 5) is 20.3. The molecule has 1 aromatic carbocycles. The first-order valence-corrected chi connectivity index (χ1v) is 6.72. The lowest BCUT2D eigenvalue weighted by Gasteiger charge is -2.18. The van der Waals surface area contributed by atoms with Crippen LogP contribution in [0.1, 0.15) is 49.0 Å². The zero-order chi connectivity index (χ0) is 16.0. The minimum Gasteiger partial charge on any atom is -0.357 e. The van der Waals surface area contributed by atoms with E-state index in [1.54, 1.807) is 0 Å². The van der Waals surface area contributed by atoms with E-state index in [-0.39, 0.29) is 24.8 Å². The molecule has 0 aliphatic rings. The van der Waals surface area contributed by atoms with Crippen LogP contribution in [0.15, 0.2) is 36.4 Å². The van der Waals surface area contributed by atoms with Gasteiger partial charge in [0.25, 0.3) is 0 Å². The van der Waals surface area contributed by atoms with E-state index in [9.17, 15) is 9.59 Å². The van der Waals surface area contributed by atoms with Crippen LogP contribution in [0.5, 0.6) is 0 Å². The summed E-state index contributed by atoms with van der Waals surface area (Å²) in [6.45, 7) is 11.5. The maximum atomic E-state index is 10.3. The second-order valence-corrected chi connectivity index (χ2v) is 5.17. The molecule has 1 aromatic rings. The van der Waals surface area contributed by atoms with E-state index in [0.29, 0.717) is 0 Å². The van der Waals surface area contributed by atoms with Crippen LogP contribution in [0.2, 0.25) is 0 Å². The Morgan fingerprint density at radius 1 is 0.857 bits per heavy atom. The second kappa shape index (κ2) is 14.6. The Labute approximate surface area is 130 Å². The van der Waals surface area contributed by atoms with Crippen molar-refractivity contribution in [3.63, 3.8) is 0 Å². The lowest BCUT2D eigenvalue weighted by atomic mass is 10.1. The van der Waals surface area contributed by atoms with E-state index in [1.807, 2.05) is 64.1 Å². The Morgan fingerprint density at radius 3 is 1.24 bits per heavy atom. The minimum atomic E-state index is -0.0775. The van der Waals surface area contributed by atoms with Crippen LogP contribution in [0.4, 0.5) is 0 Å². The number of carbonyl (C=O) groups is 2. The molecule has 0 saturated heterocycles. The summed E-state index contributed by atoms with van der Waals surface area (Å²) in [5.74, 6) is 0.0648. The van der Waals surface area contributed by atoms with E-state index in [2.05, 4.69) is 10.6 Å². The normalized spacial score (nSPS) is 8.67. The summed E-state index contributed by atoms with van der Waals surface area (Å²) in [7, 11) is 0. The highest BCUT2D eigenvalue weighted by Crippen LogP contribution is 1.96. The van der Waals surface area contributed by atoms with Crippen molar-refractivity contribution in [2.24, 2.45) is 0 Å². The van der Waals surface area contributed by atoms with Crippen LogP contribution < -0.4 is 10.6 Å². The predicted octanol–water partition coefficient (Wildman–Crippen LogP) is 3.39. The lowest BCUT2D eigenvalue weighted by Crippen LogP contribution is -2.38. The summed E-state index contributed by atoms with van der Waals surface area (Å²) in [6, 6.07) is 12.0. The van der Waals surface area contributed by atoms with E-state index < -0.39 is 0 Å². The van der Waals surface area contributed by atoms with Gasteiger partial charge in [0.05, 0.1) is 0 Å². The average molecular weight is 296 g/mol. The molecule has 1 rings (SSSR count). The molecular weight excluding hydrogens is 264 g/mol. The molecule has 0 unspecified atom stereocenters. The lowest BCUT2D eigenvalue weighted by molar-refractivity contribution is -0.120. The molecule has 0 aliphatic carbocycles. The van der Waals surface area contributed by atoms with Gasteiger partial charge in [0.15, 0.2) is 0 Å². The van der Waals surface area contributed by atoms with Crippen LogP contribution in [0.3, 0.4) is 0 Å². The molecule has 0 bridgehead atoms. The van der Waals surface area contributed by atoms with E-state index in [0.717, 1.165) is 6.54 Å². The highest BCUT2D eigenvalue weighted by Gasteiger charge is 2.08. The van der Waals surface area contributed by atoms with Crippen molar-refractivity contribution in [2.75, 3.05) is 6.54 Å². The van der Waals surface area contributed by atoms with Gasteiger partial charge in [-0.05, 0) is 27.7 Å². The van der Waals surface area contributed by atoms with Crippen LogP contribution >= 0.6 is 0 Å². The van der Waals surface area contributed by atoms with Crippen LogP contribution in [0.25, 0.3) is 0 Å². The quantitative estimate of drug-likeness (QED) is 0.834. The molecule has 0 aliphatic heterocycles. The molecule has 4 nitrogen and oxygen atoms in total. The maximum absolute atomic E-state index is 10.3. The summed E-state index contributed by atoms with van der Waals surface area (Å²) >= 11 is 0. The van der Waals surface area contributed by atoms with Crippen molar-refractivity contribution in [2.45, 2.75) is 54.5 Å². The standard InChI is InChI=1S/C6H13NO.C6H6.C4H9NO.CH4/c1-5(8)7-6(2,3)4;1-2-4-6-5-3-1;1-3-5-4(2)6;/h1-4H3,(H,7,8);1-6H;3H2,1-2H3,(H,5,6);1H4. The Bertz CT molecular complexity index is 330. The Balaban J connectivity index is -0.000000229. The van der Waals surface area contributed by atoms with Gasteiger partial charge in [0.1, 0.15) is 0 Å². The molecule has 122 valence electrons. The molecule has 0 saturated carbocycles. The predicted molar refractivity (Wildman–Crippen MR) is 91.1 cm³/mol. The molecule has 0 atom stereocenters. The van der Waals surface area contributed by atoms with Crippen LogP contribution in [-0.4, -0.2) is 23.9 Å². The van der Waals surface area contributed by atoms with Crippen molar-refractivity contribution in [1.29, 1.82) is 0 Å². The summed E-state index contributed by atoms with van der Waals surface area (Å²) in [6.07, 6.45) is 0. The third-order valence-corrected chi connectivity index (χ3v) is 1.64. The molecule has 2 N–H and O–H groups in total. The third kappa shape index (κ3) is 32.1. The number of nitrogens with one attached hydrogen (secondary N) is 2. The van der Waals surface area contributed by atoms with Crippen LogP contribution in [0, 0.1) is 0 Å². The smallest absolute Gasteiger partial charge is 0.217 e. The fourth-order valence-corrected chi connectivity index (χ4v) is 1.16. The number of rotatable bonds is 1. The van der Waals surface area contributed by atoms with Gasteiger partial charge in [0.2, 0.25) is 11.8 Å². The van der Waals surface area contributed by atoms with E-state index in [1.165, 1.54) is 13.8 Å². The largest absolute Gasteiger partial charge is 0.357 e. The fraction of sp³-hybridized carbons (Fsp3) is 0.529. The van der Waals surface area contributed by atoms with Crippen molar-refractivity contribution >= 4 is 11.8 Å². The number of carbonyl (C=O) groups excluding carboxylic acids is 2. The maximum Gasteiger partial charge on any atom is 0.217 e. The van der Waals surface area contributed by atoms with Gasteiger partial charge >= 0.3 is 0 Å². The zero-order valence-electron chi connectivity index (χ0n) is 13.5. The topological polar surface area (TPSA) is 58.2 Å². The molecule has 0 spiro atoms. The summed E-state index contributed by atoms with van der Waals surface area (Å²) in [5.41, 5.74) is -0.0775. The van der Waals surface area contributed by atoms with Gasteiger partial charge in [-0.15, -0.1) is 0 Å². The number of amides is 2. The highest BCUT2D eigenvalue weighted by molar-refractivity contribution is 5.73. The van der Waals surface area contributed by atoms with Crippen LogP contribution in [-0.2, 0) is 9.59 Å². The zero-order valence-corrected chi connectivity index (χ0v) is 13.5. The minimum absolute atomic E-state index is 0. The molecule has 21 heavy (non-hydrogen) atoms. The number of hydrogen-bond acceptors (Lipinski definition) is 2. The molecule has 0 heterocycles. The first-order chi connectivity index (χ1) is 9.19. The van der Waals surface area contributed by atoms with E-state index >= 15 is 0 Å². The molecular formula is C17H32N2O2. The van der Waals surface area contributed by atoms with Gasteiger partial charge in [-0.2, -0.15) is 0 Å². The fourth-order valence-electron chi connectivity index (χ4n) is 1.16. The van der Waals surface area contributed by atoms with Crippen molar-refractivity contribution in [1.82, 2.24) is 10.6 Å². The second-order valence-electron chi connectivity index (χ2n) is 5.17. The number of benzene rings is 1. The van der Waals surface area contributed by atoms with Gasteiger partial charge in [-0.25, -0.2) is 0 Å². The van der Waals surface area contributed by atoms with E-state index in [4.69, 9.17) is 0 Å². The molecule has 0 fully saturated rings. The summed E-state index contributed by atoms with van der Waals surface area (Å²) < 4.78 is 0. The first kappa shape index (κ1) is 24.2. The molecule has 0 aromatic heterocycles. The molecule has 2 amide bonds. The van der Waals surface area contributed by atoms with Crippen molar-refractivity contribution < 1.29 is 9.59 Å².